The van der Waals surface area contributed by atoms with E-state index >= 15 is 0 Å². The number of rotatable bonds is 8. The SMILES string of the molecule is CCOC(=O)c1c(NC(=S)Nc2ccc(NS(=O)(=O)c3ccc(C)cc3)cc2)sc(C)c1-c1ccccc1. The second-order valence-corrected chi connectivity index (χ2v) is 11.7. The molecule has 38 heavy (non-hydrogen) atoms. The summed E-state index contributed by atoms with van der Waals surface area (Å²) in [7, 11) is -3.70. The molecule has 196 valence electrons. The zero-order valence-electron chi connectivity index (χ0n) is 21.1. The van der Waals surface area contributed by atoms with Crippen LogP contribution < -0.4 is 15.4 Å². The quantitative estimate of drug-likeness (QED) is 0.159. The fraction of sp³-hybridized carbons (Fsp3) is 0.143. The molecule has 0 bridgehead atoms. The highest BCUT2D eigenvalue weighted by molar-refractivity contribution is 7.92. The van der Waals surface area contributed by atoms with Gasteiger partial charge in [-0.25, -0.2) is 13.2 Å². The largest absolute Gasteiger partial charge is 0.462 e. The van der Waals surface area contributed by atoms with Gasteiger partial charge in [0.25, 0.3) is 10.0 Å². The highest BCUT2D eigenvalue weighted by Gasteiger charge is 2.25. The summed E-state index contributed by atoms with van der Waals surface area (Å²) in [6, 6.07) is 23.0. The molecule has 0 fully saturated rings. The van der Waals surface area contributed by atoms with Gasteiger partial charge in [0, 0.05) is 21.8 Å². The molecule has 1 heterocycles. The van der Waals surface area contributed by atoms with E-state index in [4.69, 9.17) is 17.0 Å². The Labute approximate surface area is 231 Å². The van der Waals surface area contributed by atoms with Gasteiger partial charge in [0.15, 0.2) is 5.11 Å². The van der Waals surface area contributed by atoms with Gasteiger partial charge >= 0.3 is 5.97 Å². The number of nitrogens with one attached hydrogen (secondary N) is 3. The lowest BCUT2D eigenvalue weighted by Gasteiger charge is -2.13. The minimum Gasteiger partial charge on any atom is -0.462 e. The molecule has 7 nitrogen and oxygen atoms in total. The van der Waals surface area contributed by atoms with E-state index in [1.54, 1.807) is 55.5 Å². The van der Waals surface area contributed by atoms with Crippen molar-refractivity contribution in [1.29, 1.82) is 0 Å². The zero-order chi connectivity index (χ0) is 27.3. The third-order valence-electron chi connectivity index (χ3n) is 5.58. The zero-order valence-corrected chi connectivity index (χ0v) is 23.5. The van der Waals surface area contributed by atoms with Crippen LogP contribution in [-0.2, 0) is 14.8 Å². The topological polar surface area (TPSA) is 96.5 Å². The lowest BCUT2D eigenvalue weighted by atomic mass is 10.0. The lowest BCUT2D eigenvalue weighted by Crippen LogP contribution is -2.20. The first-order valence-electron chi connectivity index (χ1n) is 11.8. The maximum atomic E-state index is 12.9. The normalized spacial score (nSPS) is 11.0. The number of thiocarbonyl (C=S) groups is 1. The number of carbonyl (C=O) groups is 1. The number of aryl methyl sites for hydroxylation is 2. The lowest BCUT2D eigenvalue weighted by molar-refractivity contribution is 0.0529. The van der Waals surface area contributed by atoms with Crippen molar-refractivity contribution in [1.82, 2.24) is 0 Å². The molecule has 0 amide bonds. The molecule has 4 rings (SSSR count). The Kier molecular flexibility index (Phi) is 8.45. The van der Waals surface area contributed by atoms with Crippen LogP contribution >= 0.6 is 23.6 Å². The number of thiophene rings is 1. The molecule has 0 atom stereocenters. The summed E-state index contributed by atoms with van der Waals surface area (Å²) in [6.45, 7) is 5.87. The predicted molar refractivity (Wildman–Crippen MR) is 159 cm³/mol. The maximum absolute atomic E-state index is 12.9. The molecule has 0 saturated carbocycles. The van der Waals surface area contributed by atoms with Crippen LogP contribution in [0.2, 0.25) is 0 Å². The van der Waals surface area contributed by atoms with Crippen molar-refractivity contribution in [3.8, 4) is 11.1 Å². The number of ether oxygens (including phenoxy) is 1. The van der Waals surface area contributed by atoms with E-state index in [1.807, 2.05) is 44.2 Å². The van der Waals surface area contributed by atoms with Crippen molar-refractivity contribution in [2.75, 3.05) is 22.0 Å². The summed E-state index contributed by atoms with van der Waals surface area (Å²) in [5.41, 5.74) is 4.21. The van der Waals surface area contributed by atoms with Crippen LogP contribution in [0.25, 0.3) is 11.1 Å². The van der Waals surface area contributed by atoms with Crippen LogP contribution in [0.15, 0.2) is 83.8 Å². The highest BCUT2D eigenvalue weighted by Crippen LogP contribution is 2.40. The minimum absolute atomic E-state index is 0.189. The average molecular weight is 566 g/mol. The van der Waals surface area contributed by atoms with Gasteiger partial charge in [-0.2, -0.15) is 0 Å². The van der Waals surface area contributed by atoms with Crippen LogP contribution in [0.4, 0.5) is 16.4 Å². The van der Waals surface area contributed by atoms with E-state index in [9.17, 15) is 13.2 Å². The smallest absolute Gasteiger partial charge is 0.341 e. The fourth-order valence-corrected chi connectivity index (χ4v) is 6.21. The van der Waals surface area contributed by atoms with Gasteiger partial charge in [0.1, 0.15) is 10.6 Å². The van der Waals surface area contributed by atoms with Gasteiger partial charge < -0.3 is 15.4 Å². The maximum Gasteiger partial charge on any atom is 0.341 e. The molecule has 0 aliphatic carbocycles. The third kappa shape index (κ3) is 6.39. The Bertz CT molecular complexity index is 1550. The van der Waals surface area contributed by atoms with Gasteiger partial charge in [-0.1, -0.05) is 48.0 Å². The second kappa shape index (κ2) is 11.8. The van der Waals surface area contributed by atoms with Crippen molar-refractivity contribution in [3.63, 3.8) is 0 Å². The van der Waals surface area contributed by atoms with Gasteiger partial charge in [-0.3, -0.25) is 4.72 Å². The molecule has 3 aromatic carbocycles. The summed E-state index contributed by atoms with van der Waals surface area (Å²) < 4.78 is 33.2. The van der Waals surface area contributed by atoms with E-state index in [0.29, 0.717) is 21.9 Å². The Morgan fingerprint density at radius 2 is 1.53 bits per heavy atom. The number of hydrogen-bond donors (Lipinski definition) is 3. The third-order valence-corrected chi connectivity index (χ3v) is 8.20. The summed E-state index contributed by atoms with van der Waals surface area (Å²) in [4.78, 5) is 14.1. The molecular formula is C28H27N3O4S3. The standard InChI is InChI=1S/C28H27N3O4S3/c1-4-35-27(32)25-24(20-8-6-5-7-9-20)19(3)37-26(25)30-28(36)29-21-12-14-22(15-13-21)31-38(33,34)23-16-10-18(2)11-17-23/h5-17,31H,4H2,1-3H3,(H2,29,30,36). The van der Waals surface area contributed by atoms with Crippen LogP contribution in [0.3, 0.4) is 0 Å². The van der Waals surface area contributed by atoms with E-state index in [-0.39, 0.29) is 16.6 Å². The number of benzene rings is 3. The first-order valence-corrected chi connectivity index (χ1v) is 14.5. The summed E-state index contributed by atoms with van der Waals surface area (Å²) in [5, 5.41) is 7.08. The fourth-order valence-electron chi connectivity index (χ4n) is 3.80. The number of sulfonamides is 1. The number of hydrogen-bond acceptors (Lipinski definition) is 6. The minimum atomic E-state index is -3.70. The summed E-state index contributed by atoms with van der Waals surface area (Å²) >= 11 is 6.93. The second-order valence-electron chi connectivity index (χ2n) is 8.40. The van der Waals surface area contributed by atoms with Crippen LogP contribution in [0, 0.1) is 13.8 Å². The van der Waals surface area contributed by atoms with E-state index < -0.39 is 16.0 Å². The van der Waals surface area contributed by atoms with Gasteiger partial charge in [0.2, 0.25) is 0 Å². The number of carbonyl (C=O) groups excluding carboxylic acids is 1. The molecule has 0 radical (unpaired) electrons. The molecule has 0 aliphatic rings. The Morgan fingerprint density at radius 1 is 0.895 bits per heavy atom. The highest BCUT2D eigenvalue weighted by atomic mass is 32.2. The van der Waals surface area contributed by atoms with Crippen LogP contribution in [0.5, 0.6) is 0 Å². The Balaban J connectivity index is 1.49. The van der Waals surface area contributed by atoms with Crippen LogP contribution in [0.1, 0.15) is 27.7 Å². The Hall–Kier alpha value is -3.73. The first kappa shape index (κ1) is 27.3. The molecule has 4 aromatic rings. The summed E-state index contributed by atoms with van der Waals surface area (Å²) in [6.07, 6.45) is 0. The molecular weight excluding hydrogens is 539 g/mol. The number of esters is 1. The van der Waals surface area contributed by atoms with Gasteiger partial charge in [-0.05, 0) is 75.0 Å². The summed E-state index contributed by atoms with van der Waals surface area (Å²) in [5.74, 6) is -0.425. The van der Waals surface area contributed by atoms with E-state index in [1.165, 1.54) is 11.3 Å². The Morgan fingerprint density at radius 3 is 2.16 bits per heavy atom. The van der Waals surface area contributed by atoms with Crippen molar-refractivity contribution in [3.05, 3.63) is 94.9 Å². The van der Waals surface area contributed by atoms with Crippen molar-refractivity contribution >= 4 is 61.0 Å². The van der Waals surface area contributed by atoms with Crippen molar-refractivity contribution in [2.24, 2.45) is 0 Å². The average Bonchev–Trinajstić information content (AvgIpc) is 3.21. The van der Waals surface area contributed by atoms with Crippen LogP contribution in [-0.4, -0.2) is 26.1 Å². The first-order chi connectivity index (χ1) is 18.2. The predicted octanol–water partition coefficient (Wildman–Crippen LogP) is 6.82. The molecule has 1 aromatic heterocycles. The molecule has 3 N–H and O–H groups in total. The molecule has 0 aliphatic heterocycles. The monoisotopic (exact) mass is 565 g/mol. The molecule has 0 saturated heterocycles. The number of anilines is 3. The molecule has 0 spiro atoms. The van der Waals surface area contributed by atoms with E-state index in [2.05, 4.69) is 15.4 Å². The van der Waals surface area contributed by atoms with Gasteiger partial charge in [-0.15, -0.1) is 11.3 Å². The van der Waals surface area contributed by atoms with Crippen molar-refractivity contribution in [2.45, 2.75) is 25.7 Å². The molecule has 10 heteroatoms. The van der Waals surface area contributed by atoms with E-state index in [0.717, 1.165) is 21.6 Å². The molecule has 0 unspecified atom stereocenters. The van der Waals surface area contributed by atoms with Crippen molar-refractivity contribution < 1.29 is 17.9 Å². The van der Waals surface area contributed by atoms with Gasteiger partial charge in [0.05, 0.1) is 11.5 Å².